The third-order valence-electron chi connectivity index (χ3n) is 25.1. The predicted molar refractivity (Wildman–Crippen MR) is 510 cm³/mol. The predicted octanol–water partition coefficient (Wildman–Crippen LogP) is 4.11. The number of aliphatic carboxylic acids is 1. The van der Waals surface area contributed by atoms with Gasteiger partial charge in [-0.05, 0) is 147 Å². The number of nitrogens with zero attached hydrogens (tertiary/aromatic N) is 1. The Morgan fingerprint density at radius 2 is 1.27 bits per heavy atom. The normalized spacial score (nSPS) is 24.4. The average molecular weight is 2140 g/mol. The van der Waals surface area contributed by atoms with Crippen molar-refractivity contribution < 1.29 is 180 Å². The van der Waals surface area contributed by atoms with E-state index in [0.717, 1.165) is 118 Å². The van der Waals surface area contributed by atoms with Gasteiger partial charge in [-0.25, -0.2) is 9.59 Å². The van der Waals surface area contributed by atoms with Gasteiger partial charge in [0.15, 0.2) is 35.3 Å². The molecule has 0 unspecified atom stereocenters. The number of nitrogens with two attached hydrogens (primary N) is 1. The molecule has 0 aliphatic carbocycles. The Bertz CT molecular complexity index is 5840. The summed E-state index contributed by atoms with van der Waals surface area (Å²) in [6, 6.07) is 1.74. The van der Waals surface area contributed by atoms with Crippen LogP contribution in [0.2, 0.25) is 10.0 Å². The lowest BCUT2D eigenvalue weighted by molar-refractivity contribution is -0.337. The molecule has 6 aromatic carbocycles. The highest BCUT2D eigenvalue weighted by atomic mass is 35.5. The van der Waals surface area contributed by atoms with Crippen LogP contribution < -0.4 is 72.5 Å². The first-order chi connectivity index (χ1) is 68.3. The smallest absolute Gasteiger partial charge is 0.410 e. The van der Waals surface area contributed by atoms with E-state index in [1.165, 1.54) is 50.1 Å². The summed E-state index contributed by atoms with van der Waals surface area (Å²) in [6.45, 7) is 6.47. The molecule has 27 N–H and O–H groups in total. The maximum Gasteiger partial charge on any atom is 0.410 e. The number of hydrogen-bond acceptors (Lipinski definition) is 33. The number of nitrogens with one attached hydrogen (secondary N) is 9. The number of rotatable bonds is 38. The highest BCUT2D eigenvalue weighted by Gasteiger charge is 2.55. The number of likely N-dealkylation sites (N-methyl/N-ethyl adjacent to an activating group) is 1. The van der Waals surface area contributed by atoms with E-state index in [1.54, 1.807) is 13.8 Å². The average Bonchev–Trinajstić information content (AvgIpc) is 0.750. The van der Waals surface area contributed by atoms with E-state index in [9.17, 15) is 113 Å². The maximum absolute atomic E-state index is 16.5. The molecule has 2 fully saturated rings. The summed E-state index contributed by atoms with van der Waals surface area (Å²) < 4.78 is 86.9. The Kier molecular flexibility index (Phi) is 39.3. The summed E-state index contributed by atoms with van der Waals surface area (Å²) in [6.07, 6.45) is -17.5. The van der Waals surface area contributed by atoms with Crippen molar-refractivity contribution >= 4 is 105 Å². The Morgan fingerprint density at radius 3 is 1.86 bits per heavy atom. The van der Waals surface area contributed by atoms with Gasteiger partial charge in [0.2, 0.25) is 53.4 Å². The maximum atomic E-state index is 16.5. The van der Waals surface area contributed by atoms with Crippen molar-refractivity contribution in [3.8, 4) is 62.9 Å². The Morgan fingerprint density at radius 1 is 0.669 bits per heavy atom. The Labute approximate surface area is 839 Å². The molecular weight excluding hydrogens is 2010 g/mol. The van der Waals surface area contributed by atoms with Crippen molar-refractivity contribution in [2.24, 2.45) is 11.7 Å². The molecule has 18 atom stereocenters. The van der Waals surface area contributed by atoms with Gasteiger partial charge in [0.05, 0.1) is 52.6 Å². The number of aliphatic hydroxyl groups is 6. The first kappa shape index (κ1) is 114. The van der Waals surface area contributed by atoms with Gasteiger partial charge in [0, 0.05) is 49.2 Å². The van der Waals surface area contributed by atoms with Crippen LogP contribution in [0.4, 0.5) is 4.79 Å². The number of amides is 8. The summed E-state index contributed by atoms with van der Waals surface area (Å²) in [5, 5.41) is 140. The first-order valence-corrected chi connectivity index (χ1v) is 52.2. The summed E-state index contributed by atoms with van der Waals surface area (Å²) >= 11 is 14.4. The number of phenols is 3. The second kappa shape index (κ2) is 49.8. The molecule has 794 valence electrons. The topological polar surface area (TPSA) is 757 Å². The molecule has 145 heavy (non-hydrogen) atoms. The van der Waals surface area contributed by atoms with Crippen LogP contribution in [0.15, 0.2) is 97.1 Å². The number of carbonyl (C=O) groups is 10. The number of aliphatic hydroxyl groups excluding tert-OH is 6. The van der Waals surface area contributed by atoms with Crippen LogP contribution in [0.3, 0.4) is 0 Å². The molecule has 0 radical (unpaired) electrons. The lowest BCUT2D eigenvalue weighted by Crippen LogP contribution is -2.67. The fraction of sp³-hybridized carbons (Fsp3) is 0.500. The standard InChI is InChI=1S/C92H120Cl2N11O37P3/c1-7-8-9-10-11-12-13-14-27-97-28-29-105(91(125)135-41-45-15-20-50(21-16-45)137-66(110)25-26-68(144(129,130)131)145(132,133)134)92(5)38-67(136-44(4)82(92)116)141-81-79(115)78(114)64(40-106)140-90(81)142-80-62-34-49-35-63(80)139-61-24-19-48(33-55(61)94)76(112)74-88(122)102-72(89(123)124)52-36-59(108)53(39-98-42-143(126,127)128)77(113)69(52)51-31-46(17-22-58(51)107)70(85(119)104-74)101-86(120)71(49)100-84(118)57(37-65(95)109)99-87(121)73(103-83(117)56(96-6)30-43(2)3)75(111)47-18-23-60(138-62)54(93)32-47/h15-24,31-36,43-44,56-57,64,67-68,70-76,78-79,81-82,90,96-98,106-108,111-116H,7-14,25-30,37-42H2,1-6H3,(H2,95,109)(H,99,121)(H,100,118)(H,101,120)(H,102,122)(H,103,117)(H,104,119)(H,123,124)(H2,126,127,128)(H2,129,130,131)(H2,132,133,134)/t44-,56+,57-,64+,67-,70+,71+,72-,73+,74-,75+,76+,78+,79-,81+,82+,90-,92-/m0/s1. The third-order valence-corrected chi connectivity index (χ3v) is 30.2. The van der Waals surface area contributed by atoms with Crippen LogP contribution in [-0.2, 0) is 88.9 Å². The van der Waals surface area contributed by atoms with Gasteiger partial charge in [-0.3, -0.25) is 57.0 Å². The zero-order chi connectivity index (χ0) is 106. The second-order valence-electron chi connectivity index (χ2n) is 36.3. The number of carbonyl (C=O) groups excluding carboxylic acids is 9. The number of unbranched alkanes of at least 4 members (excludes halogenated alkanes) is 7. The minimum absolute atomic E-state index is 0.0724. The SMILES string of the molecule is CCCCCCCCCCNCCN(C(=O)OCc1ccc(OC(=O)CCC(P(=O)(O)O)P(=O)(O)O)cc1)[C@@]1(C)C[C@H](O[C@H]2[C@H](Oc3c4cc5cc3Oc3ccc(cc3Cl)[C@@H](O)[C@@H](NC(=O)[C@@H](CC(C)C)NC)C(=O)N[C@@H](CC(N)=O)C(=O)N[C@H]5C(=O)N[C@H]3C(=O)N[C@H](C(=O)N[C@H](C(=O)O)c5cc(O)c(CNCP(=O)(O)O)c(O)c5-c5cc3ccc5O)[C@H](O)c3ccc(c(Cl)c3)O4)O[C@H](CO)[C@@H](O)[C@@H]2O)O[C@@H](C)[C@H]1O. The molecule has 11 bridgehead atoms. The van der Waals surface area contributed by atoms with Crippen LogP contribution in [-0.4, -0.2) is 269 Å². The number of phenolic OH excluding ortho intramolecular Hbond substituents is 3. The van der Waals surface area contributed by atoms with Crippen molar-refractivity contribution in [2.75, 3.05) is 39.6 Å². The highest BCUT2D eigenvalue weighted by molar-refractivity contribution is 7.70. The fourth-order valence-electron chi connectivity index (χ4n) is 17.4. The van der Waals surface area contributed by atoms with E-state index >= 15 is 28.8 Å². The summed E-state index contributed by atoms with van der Waals surface area (Å²) in [4.78, 5) is 207. The number of halogens is 2. The molecule has 53 heteroatoms. The van der Waals surface area contributed by atoms with E-state index in [0.29, 0.717) is 12.6 Å². The molecule has 7 heterocycles. The minimum atomic E-state index is -5.39. The van der Waals surface area contributed by atoms with Gasteiger partial charge in [0.25, 0.3) is 0 Å². The van der Waals surface area contributed by atoms with Crippen molar-refractivity contribution in [1.82, 2.24) is 52.8 Å². The van der Waals surface area contributed by atoms with E-state index in [4.69, 9.17) is 66.8 Å². The van der Waals surface area contributed by atoms with Crippen LogP contribution in [0.5, 0.6) is 51.7 Å². The number of esters is 1. The molecule has 48 nitrogen and oxygen atoms in total. The minimum Gasteiger partial charge on any atom is -0.507 e. The molecule has 7 aliphatic rings. The highest BCUT2D eigenvalue weighted by Crippen LogP contribution is 2.62. The lowest BCUT2D eigenvalue weighted by Gasteiger charge is -2.51. The Hall–Kier alpha value is -10.8. The summed E-state index contributed by atoms with van der Waals surface area (Å²) in [5.74, 6) is -19.5. The quantitative estimate of drug-likeness (QED) is 0.0112. The number of fused-ring (bicyclic) bond motifs is 15. The summed E-state index contributed by atoms with van der Waals surface area (Å²) in [5.41, 5.74) is -0.292. The number of ether oxygens (including phenoxy) is 8. The second-order valence-corrected chi connectivity index (χ2v) is 42.8. The van der Waals surface area contributed by atoms with Gasteiger partial charge in [0.1, 0.15) is 108 Å². The number of primary amides is 1. The van der Waals surface area contributed by atoms with Crippen LogP contribution in [0.1, 0.15) is 187 Å². The first-order valence-electron chi connectivity index (χ1n) is 46.3. The number of hydrogen-bond donors (Lipinski definition) is 26. The third kappa shape index (κ3) is 29.0. The zero-order valence-corrected chi connectivity index (χ0v) is 83.4. The van der Waals surface area contributed by atoms with Crippen molar-refractivity contribution in [2.45, 2.75) is 246 Å². The molecule has 13 rings (SSSR count). The number of carboxylic acid groups (broad SMARTS) is 1. The van der Waals surface area contributed by atoms with Gasteiger partial charge in [-0.15, -0.1) is 0 Å². The monoisotopic (exact) mass is 2130 g/mol. The molecule has 8 amide bonds. The Balaban J connectivity index is 1.06. The number of aromatic hydroxyl groups is 3. The van der Waals surface area contributed by atoms with E-state index in [2.05, 4.69) is 54.8 Å². The molecule has 2 saturated heterocycles. The van der Waals surface area contributed by atoms with Crippen molar-refractivity contribution in [3.05, 3.63) is 146 Å². The van der Waals surface area contributed by atoms with Gasteiger partial charge in [-0.1, -0.05) is 119 Å². The molecule has 7 aliphatic heterocycles. The number of carboxylic acids is 1. The number of benzene rings is 6. The van der Waals surface area contributed by atoms with E-state index in [1.807, 2.05) is 0 Å². The van der Waals surface area contributed by atoms with E-state index < -0.39 is 344 Å². The van der Waals surface area contributed by atoms with Crippen LogP contribution in [0, 0.1) is 5.92 Å². The largest absolute Gasteiger partial charge is 0.507 e. The molecule has 0 spiro atoms. The van der Waals surface area contributed by atoms with Gasteiger partial charge < -0.3 is 172 Å². The zero-order valence-electron chi connectivity index (χ0n) is 79.2. The summed E-state index contributed by atoms with van der Waals surface area (Å²) in [7, 11) is -14.2. The van der Waals surface area contributed by atoms with Gasteiger partial charge >= 0.3 is 40.8 Å². The van der Waals surface area contributed by atoms with Crippen molar-refractivity contribution in [3.63, 3.8) is 0 Å². The van der Waals surface area contributed by atoms with Gasteiger partial charge in [-0.2, -0.15) is 0 Å². The molecule has 6 aromatic rings. The fourth-order valence-corrected chi connectivity index (χ4v) is 20.7. The van der Waals surface area contributed by atoms with Crippen LogP contribution in [0.25, 0.3) is 11.1 Å². The lowest BCUT2D eigenvalue weighted by atomic mass is 9.83. The molecule has 0 aromatic heterocycles. The molecular formula is C92H120Cl2N11O37P3. The van der Waals surface area contributed by atoms with Crippen molar-refractivity contribution in [1.29, 1.82) is 0 Å². The van der Waals surface area contributed by atoms with E-state index in [-0.39, 0.29) is 42.3 Å². The van der Waals surface area contributed by atoms with Crippen LogP contribution >= 0.6 is 46.0 Å². The molecule has 0 saturated carbocycles.